The monoisotopic (exact) mass is 270 g/mol. The fourth-order valence-corrected chi connectivity index (χ4v) is 2.00. The van der Waals surface area contributed by atoms with Crippen LogP contribution in [0.25, 0.3) is 0 Å². The number of nitrogens with one attached hydrogen (secondary N) is 1. The largest absolute Gasteiger partial charge is 0.497 e. The Hall–Kier alpha value is -2.54. The molecule has 0 amide bonds. The van der Waals surface area contributed by atoms with Gasteiger partial charge in [0.15, 0.2) is 0 Å². The molecule has 0 saturated carbocycles. The average Bonchev–Trinajstić information content (AvgIpc) is 2.47. The molecule has 1 atom stereocenters. The molecular weight excluding hydrogens is 255 g/mol. The smallest absolute Gasteiger partial charge is 0.132 e. The lowest BCUT2D eigenvalue weighted by Crippen LogP contribution is -2.09. The maximum atomic E-state index is 14.0. The van der Waals surface area contributed by atoms with Crippen LogP contribution in [0.15, 0.2) is 42.5 Å². The number of rotatable bonds is 4. The summed E-state index contributed by atoms with van der Waals surface area (Å²) in [5.41, 5.74) is 1.75. The lowest BCUT2D eigenvalue weighted by atomic mass is 10.1. The van der Waals surface area contributed by atoms with Crippen molar-refractivity contribution in [3.8, 4) is 11.8 Å². The zero-order valence-electron chi connectivity index (χ0n) is 11.4. The van der Waals surface area contributed by atoms with E-state index >= 15 is 0 Å². The summed E-state index contributed by atoms with van der Waals surface area (Å²) in [6.45, 7) is 1.85. The molecule has 0 fully saturated rings. The van der Waals surface area contributed by atoms with Gasteiger partial charge in [-0.25, -0.2) is 4.39 Å². The molecule has 2 rings (SSSR count). The zero-order chi connectivity index (χ0) is 14.5. The predicted octanol–water partition coefficient (Wildman–Crippen LogP) is 3.88. The van der Waals surface area contributed by atoms with Gasteiger partial charge in [0.25, 0.3) is 0 Å². The van der Waals surface area contributed by atoms with E-state index in [2.05, 4.69) is 11.4 Å². The molecule has 0 aliphatic heterocycles. The van der Waals surface area contributed by atoms with Crippen LogP contribution in [0, 0.1) is 17.1 Å². The van der Waals surface area contributed by atoms with Gasteiger partial charge in [-0.2, -0.15) is 5.26 Å². The fraction of sp³-hybridized carbons (Fsp3) is 0.188. The Morgan fingerprint density at radius 3 is 2.65 bits per heavy atom. The number of halogens is 1. The Labute approximate surface area is 117 Å². The van der Waals surface area contributed by atoms with E-state index in [1.165, 1.54) is 13.2 Å². The summed E-state index contributed by atoms with van der Waals surface area (Å²) in [5.74, 6) is 0.148. The molecule has 0 aliphatic rings. The van der Waals surface area contributed by atoms with Crippen molar-refractivity contribution >= 4 is 5.69 Å². The summed E-state index contributed by atoms with van der Waals surface area (Å²) in [7, 11) is 1.50. The van der Waals surface area contributed by atoms with Gasteiger partial charge in [-0.05, 0) is 25.1 Å². The molecule has 4 heteroatoms. The van der Waals surface area contributed by atoms with Crippen molar-refractivity contribution in [3.05, 3.63) is 59.4 Å². The van der Waals surface area contributed by atoms with Crippen molar-refractivity contribution < 1.29 is 9.13 Å². The van der Waals surface area contributed by atoms with Crippen LogP contribution in [-0.2, 0) is 0 Å². The highest BCUT2D eigenvalue weighted by molar-refractivity contribution is 5.58. The Morgan fingerprint density at radius 1 is 1.25 bits per heavy atom. The number of hydrogen-bond donors (Lipinski definition) is 1. The molecule has 1 N–H and O–H groups in total. The molecule has 0 heterocycles. The van der Waals surface area contributed by atoms with Gasteiger partial charge in [0.2, 0.25) is 0 Å². The van der Waals surface area contributed by atoms with Crippen LogP contribution in [0.1, 0.15) is 24.1 Å². The molecule has 0 radical (unpaired) electrons. The molecule has 0 bridgehead atoms. The molecule has 0 aromatic heterocycles. The molecule has 102 valence electrons. The summed E-state index contributed by atoms with van der Waals surface area (Å²) >= 11 is 0. The number of nitrogens with zero attached hydrogens (tertiary/aromatic N) is 1. The molecule has 20 heavy (non-hydrogen) atoms. The van der Waals surface area contributed by atoms with Crippen LogP contribution < -0.4 is 10.1 Å². The summed E-state index contributed by atoms with van der Waals surface area (Å²) in [5, 5.41) is 12.2. The van der Waals surface area contributed by atoms with Crippen LogP contribution in [0.3, 0.4) is 0 Å². The van der Waals surface area contributed by atoms with Gasteiger partial charge in [-0.15, -0.1) is 0 Å². The van der Waals surface area contributed by atoms with Crippen molar-refractivity contribution in [2.75, 3.05) is 12.4 Å². The highest BCUT2D eigenvalue weighted by Crippen LogP contribution is 2.26. The lowest BCUT2D eigenvalue weighted by Gasteiger charge is -2.17. The van der Waals surface area contributed by atoms with Gasteiger partial charge in [0, 0.05) is 11.6 Å². The Kier molecular flexibility index (Phi) is 4.21. The predicted molar refractivity (Wildman–Crippen MR) is 76.1 cm³/mol. The van der Waals surface area contributed by atoms with E-state index in [0.717, 1.165) is 0 Å². The topological polar surface area (TPSA) is 45.0 Å². The molecule has 0 aliphatic carbocycles. The summed E-state index contributed by atoms with van der Waals surface area (Å²) in [4.78, 5) is 0. The normalized spacial score (nSPS) is 11.5. The maximum Gasteiger partial charge on any atom is 0.132 e. The molecular formula is C16H15FN2O. The lowest BCUT2D eigenvalue weighted by molar-refractivity contribution is 0.410. The molecule has 3 nitrogen and oxygen atoms in total. The summed E-state index contributed by atoms with van der Waals surface area (Å²) in [6, 6.07) is 13.8. The Morgan fingerprint density at radius 2 is 2.00 bits per heavy atom. The third-order valence-electron chi connectivity index (χ3n) is 3.09. The minimum atomic E-state index is -0.334. The van der Waals surface area contributed by atoms with E-state index in [9.17, 15) is 4.39 Å². The third kappa shape index (κ3) is 2.89. The second kappa shape index (κ2) is 6.07. The van der Waals surface area contributed by atoms with E-state index < -0.39 is 0 Å². The second-order valence-electron chi connectivity index (χ2n) is 4.41. The highest BCUT2D eigenvalue weighted by atomic mass is 19.1. The van der Waals surface area contributed by atoms with Crippen LogP contribution in [-0.4, -0.2) is 7.11 Å². The highest BCUT2D eigenvalue weighted by Gasteiger charge is 2.13. The van der Waals surface area contributed by atoms with E-state index in [1.54, 1.807) is 30.3 Å². The minimum Gasteiger partial charge on any atom is -0.497 e. The van der Waals surface area contributed by atoms with Gasteiger partial charge in [0.05, 0.1) is 24.4 Å². The van der Waals surface area contributed by atoms with Gasteiger partial charge in [-0.1, -0.05) is 18.2 Å². The van der Waals surface area contributed by atoms with E-state index in [4.69, 9.17) is 10.00 Å². The molecule has 0 spiro atoms. The average molecular weight is 270 g/mol. The quantitative estimate of drug-likeness (QED) is 0.917. The van der Waals surface area contributed by atoms with Crippen molar-refractivity contribution in [2.24, 2.45) is 0 Å². The van der Waals surface area contributed by atoms with Crippen LogP contribution in [0.2, 0.25) is 0 Å². The fourth-order valence-electron chi connectivity index (χ4n) is 2.00. The molecule has 2 aromatic carbocycles. The minimum absolute atomic E-state index is 0.254. The van der Waals surface area contributed by atoms with E-state index in [0.29, 0.717) is 22.6 Å². The number of benzene rings is 2. The van der Waals surface area contributed by atoms with Gasteiger partial charge in [0.1, 0.15) is 17.6 Å². The number of nitriles is 1. The van der Waals surface area contributed by atoms with Crippen molar-refractivity contribution in [2.45, 2.75) is 13.0 Å². The summed E-state index contributed by atoms with van der Waals surface area (Å²) < 4.78 is 19.0. The Bertz CT molecular complexity index is 649. The Balaban J connectivity index is 2.24. The first kappa shape index (κ1) is 13.9. The summed E-state index contributed by atoms with van der Waals surface area (Å²) in [6.07, 6.45) is 0. The SMILES string of the molecule is COc1ccc(C(C)Nc2ccccc2C#N)c(F)c1. The number of para-hydroxylation sites is 1. The van der Waals surface area contributed by atoms with Crippen LogP contribution in [0.5, 0.6) is 5.75 Å². The number of methoxy groups -OCH3 is 1. The first-order chi connectivity index (χ1) is 9.65. The van der Waals surface area contributed by atoms with E-state index in [1.807, 2.05) is 13.0 Å². The first-order valence-electron chi connectivity index (χ1n) is 6.25. The van der Waals surface area contributed by atoms with Crippen molar-refractivity contribution in [1.29, 1.82) is 5.26 Å². The number of anilines is 1. The van der Waals surface area contributed by atoms with E-state index in [-0.39, 0.29) is 11.9 Å². The zero-order valence-corrected chi connectivity index (χ0v) is 11.4. The van der Waals surface area contributed by atoms with Crippen molar-refractivity contribution in [3.63, 3.8) is 0 Å². The molecule has 2 aromatic rings. The van der Waals surface area contributed by atoms with Crippen molar-refractivity contribution in [1.82, 2.24) is 0 Å². The van der Waals surface area contributed by atoms with Crippen LogP contribution >= 0.6 is 0 Å². The molecule has 1 unspecified atom stereocenters. The van der Waals surface area contributed by atoms with Gasteiger partial charge < -0.3 is 10.1 Å². The third-order valence-corrected chi connectivity index (χ3v) is 3.09. The number of ether oxygens (including phenoxy) is 1. The standard InChI is InChI=1S/C16H15FN2O/c1-11(14-8-7-13(20-2)9-15(14)17)19-16-6-4-3-5-12(16)10-18/h3-9,11,19H,1-2H3. The first-order valence-corrected chi connectivity index (χ1v) is 6.25. The second-order valence-corrected chi connectivity index (χ2v) is 4.41. The maximum absolute atomic E-state index is 14.0. The van der Waals surface area contributed by atoms with Gasteiger partial charge in [-0.3, -0.25) is 0 Å². The van der Waals surface area contributed by atoms with Gasteiger partial charge >= 0.3 is 0 Å². The number of hydrogen-bond acceptors (Lipinski definition) is 3. The van der Waals surface area contributed by atoms with Crippen LogP contribution in [0.4, 0.5) is 10.1 Å². The molecule has 0 saturated heterocycles.